The molecule has 112 valence electrons. The molecular formula is C16H18ClFN2O. The van der Waals surface area contributed by atoms with E-state index in [9.17, 15) is 4.39 Å². The van der Waals surface area contributed by atoms with E-state index in [1.807, 2.05) is 0 Å². The highest BCUT2D eigenvalue weighted by Gasteiger charge is 2.40. The Morgan fingerprint density at radius 2 is 2.10 bits per heavy atom. The van der Waals surface area contributed by atoms with Crippen LogP contribution in [0.2, 0.25) is 5.02 Å². The van der Waals surface area contributed by atoms with E-state index in [4.69, 9.17) is 21.9 Å². The van der Waals surface area contributed by atoms with Gasteiger partial charge in [-0.15, -0.1) is 0 Å². The molecule has 0 amide bonds. The molecule has 1 saturated carbocycles. The van der Waals surface area contributed by atoms with Gasteiger partial charge in [0.2, 0.25) is 5.88 Å². The first-order valence-electron chi connectivity index (χ1n) is 7.29. The number of nitrogens with zero attached hydrogens (tertiary/aromatic N) is 1. The van der Waals surface area contributed by atoms with Crippen LogP contribution in [-0.4, -0.2) is 5.16 Å². The molecule has 5 heteroatoms. The van der Waals surface area contributed by atoms with E-state index >= 15 is 0 Å². The zero-order valence-corrected chi connectivity index (χ0v) is 12.7. The lowest BCUT2D eigenvalue weighted by Gasteiger charge is -2.26. The Morgan fingerprint density at radius 3 is 2.76 bits per heavy atom. The maximum atomic E-state index is 14.4. The average Bonchev–Trinajstić information content (AvgIpc) is 3.09. The molecule has 3 nitrogen and oxygen atoms in total. The predicted molar refractivity (Wildman–Crippen MR) is 81.8 cm³/mol. The summed E-state index contributed by atoms with van der Waals surface area (Å²) in [6.07, 6.45) is 5.31. The number of halogens is 2. The van der Waals surface area contributed by atoms with Crippen LogP contribution < -0.4 is 5.73 Å². The Balaban J connectivity index is 2.20. The first-order chi connectivity index (χ1) is 10.1. The molecule has 1 aromatic heterocycles. The molecule has 0 saturated heterocycles. The van der Waals surface area contributed by atoms with Crippen LogP contribution in [0.1, 0.15) is 44.7 Å². The van der Waals surface area contributed by atoms with Crippen molar-refractivity contribution in [1.29, 1.82) is 0 Å². The number of nitrogens with two attached hydrogens (primary N) is 1. The molecule has 1 aromatic carbocycles. The van der Waals surface area contributed by atoms with Gasteiger partial charge in [-0.05, 0) is 25.3 Å². The van der Waals surface area contributed by atoms with Gasteiger partial charge in [-0.2, -0.15) is 0 Å². The van der Waals surface area contributed by atoms with E-state index in [1.165, 1.54) is 6.07 Å². The third-order valence-electron chi connectivity index (χ3n) is 4.68. The van der Waals surface area contributed by atoms with Crippen molar-refractivity contribution in [3.63, 3.8) is 0 Å². The van der Waals surface area contributed by atoms with Crippen LogP contribution in [0.4, 0.5) is 10.3 Å². The molecule has 0 radical (unpaired) electrons. The summed E-state index contributed by atoms with van der Waals surface area (Å²) < 4.78 is 19.6. The average molecular weight is 309 g/mol. The Labute approximate surface area is 128 Å². The molecule has 0 bridgehead atoms. The molecule has 1 fully saturated rings. The second-order valence-electron chi connectivity index (χ2n) is 5.71. The van der Waals surface area contributed by atoms with Crippen LogP contribution in [0.5, 0.6) is 0 Å². The van der Waals surface area contributed by atoms with E-state index < -0.39 is 5.82 Å². The van der Waals surface area contributed by atoms with Crippen molar-refractivity contribution in [2.45, 2.75) is 44.4 Å². The fourth-order valence-electron chi connectivity index (χ4n) is 3.43. The fraction of sp³-hybridized carbons (Fsp3) is 0.438. The topological polar surface area (TPSA) is 52.0 Å². The van der Waals surface area contributed by atoms with Crippen molar-refractivity contribution in [2.75, 3.05) is 5.73 Å². The van der Waals surface area contributed by atoms with Gasteiger partial charge in [-0.1, -0.05) is 48.7 Å². The van der Waals surface area contributed by atoms with E-state index in [1.54, 1.807) is 12.1 Å². The monoisotopic (exact) mass is 308 g/mol. The summed E-state index contributed by atoms with van der Waals surface area (Å²) in [6, 6.07) is 4.91. The number of benzene rings is 1. The Kier molecular flexibility index (Phi) is 3.66. The Bertz CT molecular complexity index is 662. The second-order valence-corrected chi connectivity index (χ2v) is 6.12. The van der Waals surface area contributed by atoms with Crippen molar-refractivity contribution in [3.8, 4) is 11.1 Å². The lowest BCUT2D eigenvalue weighted by molar-refractivity contribution is 0.361. The number of nitrogen functional groups attached to an aromatic ring is 1. The maximum Gasteiger partial charge on any atom is 0.230 e. The smallest absolute Gasteiger partial charge is 0.230 e. The molecule has 2 N–H and O–H groups in total. The minimum Gasteiger partial charge on any atom is -0.367 e. The molecule has 1 aliphatic carbocycles. The molecule has 0 atom stereocenters. The number of aromatic nitrogens is 1. The predicted octanol–water partition coefficient (Wildman–Crippen LogP) is 4.94. The van der Waals surface area contributed by atoms with Gasteiger partial charge in [0.1, 0.15) is 5.82 Å². The largest absolute Gasteiger partial charge is 0.367 e. The lowest BCUT2D eigenvalue weighted by atomic mass is 9.77. The zero-order valence-electron chi connectivity index (χ0n) is 12.0. The molecular weight excluding hydrogens is 291 g/mol. The summed E-state index contributed by atoms with van der Waals surface area (Å²) in [5, 5.41) is 4.26. The van der Waals surface area contributed by atoms with Gasteiger partial charge >= 0.3 is 0 Å². The zero-order chi connectivity index (χ0) is 15.0. The first-order valence-corrected chi connectivity index (χ1v) is 7.67. The van der Waals surface area contributed by atoms with Gasteiger partial charge in [0.05, 0.1) is 16.3 Å². The summed E-state index contributed by atoms with van der Waals surface area (Å²) in [5.74, 6) is -0.314. The third kappa shape index (κ3) is 2.22. The summed E-state index contributed by atoms with van der Waals surface area (Å²) in [7, 11) is 0. The van der Waals surface area contributed by atoms with Crippen molar-refractivity contribution >= 4 is 17.5 Å². The third-order valence-corrected chi connectivity index (χ3v) is 4.97. The van der Waals surface area contributed by atoms with Gasteiger partial charge < -0.3 is 10.3 Å². The van der Waals surface area contributed by atoms with Crippen molar-refractivity contribution in [2.24, 2.45) is 0 Å². The molecule has 2 aromatic rings. The Hall–Kier alpha value is -1.55. The standard InChI is InChI=1S/C16H18ClFN2O/c1-2-16(8-3-4-9-16)14-12(15(19)21-20-14)10-6-5-7-11(17)13(10)18/h5-7H,2-4,8-9,19H2,1H3. The van der Waals surface area contributed by atoms with Crippen LogP contribution in [0, 0.1) is 5.82 Å². The normalized spacial score (nSPS) is 17.3. The van der Waals surface area contributed by atoms with E-state index in [-0.39, 0.29) is 16.3 Å². The minimum atomic E-state index is -0.473. The summed E-state index contributed by atoms with van der Waals surface area (Å²) >= 11 is 5.90. The summed E-state index contributed by atoms with van der Waals surface area (Å²) in [6.45, 7) is 2.13. The lowest BCUT2D eigenvalue weighted by Crippen LogP contribution is -2.22. The first kappa shape index (κ1) is 14.4. The van der Waals surface area contributed by atoms with E-state index in [0.29, 0.717) is 11.1 Å². The number of rotatable bonds is 3. The minimum absolute atomic E-state index is 0.0643. The van der Waals surface area contributed by atoms with Crippen LogP contribution in [0.25, 0.3) is 11.1 Å². The van der Waals surface area contributed by atoms with Gasteiger partial charge in [0.25, 0.3) is 0 Å². The van der Waals surface area contributed by atoms with Crippen LogP contribution in [-0.2, 0) is 5.41 Å². The number of hydrogen-bond donors (Lipinski definition) is 1. The van der Waals surface area contributed by atoms with Crippen molar-refractivity contribution in [3.05, 3.63) is 34.7 Å². The molecule has 1 heterocycles. The second kappa shape index (κ2) is 5.34. The highest BCUT2D eigenvalue weighted by molar-refractivity contribution is 6.31. The number of anilines is 1. The maximum absolute atomic E-state index is 14.4. The molecule has 21 heavy (non-hydrogen) atoms. The molecule has 0 unspecified atom stereocenters. The van der Waals surface area contributed by atoms with Gasteiger partial charge in [0.15, 0.2) is 0 Å². The van der Waals surface area contributed by atoms with Crippen molar-refractivity contribution < 1.29 is 8.91 Å². The Morgan fingerprint density at radius 1 is 1.38 bits per heavy atom. The molecule has 0 spiro atoms. The quantitative estimate of drug-likeness (QED) is 0.874. The van der Waals surface area contributed by atoms with Crippen LogP contribution in [0.3, 0.4) is 0 Å². The van der Waals surface area contributed by atoms with Crippen molar-refractivity contribution in [1.82, 2.24) is 5.16 Å². The number of hydrogen-bond acceptors (Lipinski definition) is 3. The van der Waals surface area contributed by atoms with Crippen LogP contribution in [0.15, 0.2) is 22.7 Å². The molecule has 3 rings (SSSR count). The summed E-state index contributed by atoms with van der Waals surface area (Å²) in [4.78, 5) is 0. The summed E-state index contributed by atoms with van der Waals surface area (Å²) in [5.41, 5.74) is 7.59. The van der Waals surface area contributed by atoms with Gasteiger partial charge in [0, 0.05) is 11.0 Å². The van der Waals surface area contributed by atoms with Gasteiger partial charge in [-0.3, -0.25) is 0 Å². The van der Waals surface area contributed by atoms with E-state index in [2.05, 4.69) is 12.1 Å². The van der Waals surface area contributed by atoms with E-state index in [0.717, 1.165) is 37.8 Å². The van der Waals surface area contributed by atoms with Gasteiger partial charge in [-0.25, -0.2) is 4.39 Å². The molecule has 1 aliphatic rings. The SMILES string of the molecule is CCC1(c2noc(N)c2-c2cccc(Cl)c2F)CCCC1. The highest BCUT2D eigenvalue weighted by Crippen LogP contribution is 2.48. The van der Waals surface area contributed by atoms with Crippen LogP contribution >= 0.6 is 11.6 Å². The fourth-order valence-corrected chi connectivity index (χ4v) is 3.61. The molecule has 0 aliphatic heterocycles. The highest BCUT2D eigenvalue weighted by atomic mass is 35.5.